The van der Waals surface area contributed by atoms with E-state index < -0.39 is 6.04 Å². The van der Waals surface area contributed by atoms with Crippen molar-refractivity contribution < 1.29 is 4.79 Å². The molecule has 0 saturated carbocycles. The Kier molecular flexibility index (Phi) is 4.47. The molecule has 0 spiro atoms. The Morgan fingerprint density at radius 1 is 1.11 bits per heavy atom. The number of benzene rings is 2. The van der Waals surface area contributed by atoms with E-state index in [-0.39, 0.29) is 11.5 Å². The summed E-state index contributed by atoms with van der Waals surface area (Å²) in [5, 5.41) is 3.86. The van der Waals surface area contributed by atoms with Crippen molar-refractivity contribution in [3.05, 3.63) is 81.8 Å². The summed E-state index contributed by atoms with van der Waals surface area (Å²) >= 11 is 0. The third kappa shape index (κ3) is 3.07. The van der Waals surface area contributed by atoms with Gasteiger partial charge < -0.3 is 5.32 Å². The van der Waals surface area contributed by atoms with Gasteiger partial charge in [0.25, 0.3) is 5.56 Å². The zero-order chi connectivity index (χ0) is 19.8. The molecule has 6 heteroatoms. The minimum atomic E-state index is -0.476. The molecule has 0 unspecified atom stereocenters. The van der Waals surface area contributed by atoms with Crippen molar-refractivity contribution in [1.82, 2.24) is 19.5 Å². The number of amides is 1. The normalized spacial score (nSPS) is 12.4. The lowest BCUT2D eigenvalue weighted by molar-refractivity contribution is -0.124. The highest BCUT2D eigenvalue weighted by Crippen LogP contribution is 2.25. The molecule has 4 rings (SSSR count). The number of aromatic nitrogens is 3. The summed E-state index contributed by atoms with van der Waals surface area (Å²) in [4.78, 5) is 29.0. The first-order chi connectivity index (χ1) is 13.5. The zero-order valence-electron chi connectivity index (χ0n) is 16.1. The Labute approximate surface area is 162 Å². The van der Waals surface area contributed by atoms with Gasteiger partial charge in [-0.05, 0) is 38.5 Å². The Morgan fingerprint density at radius 2 is 1.82 bits per heavy atom. The summed E-state index contributed by atoms with van der Waals surface area (Å²) in [5.74, 6) is -0.0960. The minimum absolute atomic E-state index is 0.0960. The minimum Gasteiger partial charge on any atom is -0.350 e. The van der Waals surface area contributed by atoms with Crippen LogP contribution in [0.3, 0.4) is 0 Å². The van der Waals surface area contributed by atoms with Crippen molar-refractivity contribution in [3.8, 4) is 0 Å². The maximum Gasteiger partial charge on any atom is 0.273 e. The van der Waals surface area contributed by atoms with Crippen LogP contribution < -0.4 is 10.9 Å². The topological polar surface area (TPSA) is 68.4 Å². The lowest BCUT2D eigenvalue weighted by atomic mass is 10.1. The van der Waals surface area contributed by atoms with Gasteiger partial charge in [-0.3, -0.25) is 14.3 Å². The highest BCUT2D eigenvalue weighted by atomic mass is 16.2. The largest absolute Gasteiger partial charge is 0.350 e. The van der Waals surface area contributed by atoms with Gasteiger partial charge in [0, 0.05) is 23.7 Å². The van der Waals surface area contributed by atoms with Gasteiger partial charge in [-0.15, -0.1) is 0 Å². The summed E-state index contributed by atoms with van der Waals surface area (Å²) in [6, 6.07) is 16.8. The predicted molar refractivity (Wildman–Crippen MR) is 109 cm³/mol. The summed E-state index contributed by atoms with van der Waals surface area (Å²) in [6.07, 6.45) is 0. The predicted octanol–water partition coefficient (Wildman–Crippen LogP) is 3.14. The van der Waals surface area contributed by atoms with Crippen LogP contribution in [0.1, 0.15) is 29.8 Å². The van der Waals surface area contributed by atoms with Crippen LogP contribution in [0.15, 0.2) is 59.4 Å². The quantitative estimate of drug-likeness (QED) is 0.597. The van der Waals surface area contributed by atoms with Crippen LogP contribution in [0.4, 0.5) is 0 Å². The Hall–Kier alpha value is -3.41. The maximum absolute atomic E-state index is 12.9. The first-order valence-corrected chi connectivity index (χ1v) is 9.28. The fourth-order valence-electron chi connectivity index (χ4n) is 3.54. The van der Waals surface area contributed by atoms with Gasteiger partial charge in [0.15, 0.2) is 5.65 Å². The molecule has 0 radical (unpaired) electrons. The first kappa shape index (κ1) is 18.0. The molecule has 1 atom stereocenters. The second-order valence-electron chi connectivity index (χ2n) is 7.11. The Balaban J connectivity index is 1.73. The van der Waals surface area contributed by atoms with Crippen molar-refractivity contribution in [3.63, 3.8) is 0 Å². The molecule has 2 aromatic carbocycles. The van der Waals surface area contributed by atoms with Crippen LogP contribution in [-0.4, -0.2) is 20.1 Å². The molecule has 142 valence electrons. The molecule has 0 aliphatic rings. The molecule has 1 N–H and O–H groups in total. The molecule has 0 fully saturated rings. The van der Waals surface area contributed by atoms with E-state index in [4.69, 9.17) is 0 Å². The van der Waals surface area contributed by atoms with E-state index in [1.54, 1.807) is 0 Å². The number of carbonyl (C=O) groups excluding carboxylic acids is 1. The van der Waals surface area contributed by atoms with Gasteiger partial charge in [-0.25, -0.2) is 4.52 Å². The van der Waals surface area contributed by atoms with Crippen molar-refractivity contribution in [1.29, 1.82) is 0 Å². The van der Waals surface area contributed by atoms with Crippen molar-refractivity contribution in [2.75, 3.05) is 0 Å². The van der Waals surface area contributed by atoms with Crippen LogP contribution >= 0.6 is 0 Å². The molecule has 2 heterocycles. The van der Waals surface area contributed by atoms with E-state index in [0.29, 0.717) is 12.2 Å². The number of nitrogens with one attached hydrogen (secondary N) is 1. The molecule has 28 heavy (non-hydrogen) atoms. The molecule has 6 nitrogen and oxygen atoms in total. The van der Waals surface area contributed by atoms with E-state index in [0.717, 1.165) is 22.2 Å². The molecule has 4 aromatic rings. The van der Waals surface area contributed by atoms with E-state index in [1.165, 1.54) is 11.6 Å². The van der Waals surface area contributed by atoms with E-state index >= 15 is 0 Å². The summed E-state index contributed by atoms with van der Waals surface area (Å²) in [6.45, 7) is 6.21. The number of carbonyl (C=O) groups is 1. The van der Waals surface area contributed by atoms with Crippen LogP contribution in [0, 0.1) is 13.8 Å². The lowest BCUT2D eigenvalue weighted by Gasteiger charge is -2.18. The number of para-hydroxylation sites is 1. The molecule has 0 aliphatic heterocycles. The average Bonchev–Trinajstić information content (AvgIpc) is 3.01. The second-order valence-corrected chi connectivity index (χ2v) is 7.11. The van der Waals surface area contributed by atoms with E-state index in [2.05, 4.69) is 10.3 Å². The standard InChI is InChI=1S/C22H22N4O2/c1-14-8-10-17(11-9-14)13-23-22(28)16(3)26-19-7-5-4-6-18(19)21-24-20(27)12-15(2)25(21)26/h4-12,16H,13H2,1-3H3,(H,23,28)/t16-/m0/s1. The van der Waals surface area contributed by atoms with Gasteiger partial charge >= 0.3 is 0 Å². The van der Waals surface area contributed by atoms with Crippen molar-refractivity contribution in [2.45, 2.75) is 33.4 Å². The van der Waals surface area contributed by atoms with Gasteiger partial charge in [-0.2, -0.15) is 4.98 Å². The fourth-order valence-corrected chi connectivity index (χ4v) is 3.54. The highest BCUT2D eigenvalue weighted by Gasteiger charge is 2.22. The molecule has 0 bridgehead atoms. The SMILES string of the molecule is Cc1ccc(CNC(=O)[C@H](C)n2c3ccccc3c3nc(=O)cc(C)n32)cc1. The summed E-state index contributed by atoms with van der Waals surface area (Å²) in [5.41, 5.74) is 4.13. The average molecular weight is 374 g/mol. The maximum atomic E-state index is 12.9. The third-order valence-electron chi connectivity index (χ3n) is 5.02. The van der Waals surface area contributed by atoms with Gasteiger partial charge in [0.1, 0.15) is 6.04 Å². The highest BCUT2D eigenvalue weighted by molar-refractivity contribution is 5.94. The number of nitrogens with zero attached hydrogens (tertiary/aromatic N) is 3. The Bertz CT molecular complexity index is 1240. The van der Waals surface area contributed by atoms with Crippen LogP contribution in [0.25, 0.3) is 16.6 Å². The summed E-state index contributed by atoms with van der Waals surface area (Å²) in [7, 11) is 0. The second kappa shape index (κ2) is 6.96. The smallest absolute Gasteiger partial charge is 0.273 e. The van der Waals surface area contributed by atoms with Gasteiger partial charge in [0.2, 0.25) is 5.91 Å². The van der Waals surface area contributed by atoms with E-state index in [1.807, 2.05) is 78.5 Å². The summed E-state index contributed by atoms with van der Waals surface area (Å²) < 4.78 is 3.75. The number of fused-ring (bicyclic) bond motifs is 3. The van der Waals surface area contributed by atoms with Crippen LogP contribution in [-0.2, 0) is 11.3 Å². The lowest BCUT2D eigenvalue weighted by Crippen LogP contribution is -2.32. The van der Waals surface area contributed by atoms with Crippen LogP contribution in [0.5, 0.6) is 0 Å². The fraction of sp³-hybridized carbons (Fsp3) is 0.227. The number of rotatable bonds is 4. The molecule has 0 aliphatic carbocycles. The zero-order valence-corrected chi connectivity index (χ0v) is 16.1. The Morgan fingerprint density at radius 3 is 2.57 bits per heavy atom. The molecule has 2 aromatic heterocycles. The van der Waals surface area contributed by atoms with Gasteiger partial charge in [-0.1, -0.05) is 42.0 Å². The first-order valence-electron chi connectivity index (χ1n) is 9.28. The van der Waals surface area contributed by atoms with E-state index in [9.17, 15) is 9.59 Å². The number of hydrogen-bond donors (Lipinski definition) is 1. The van der Waals surface area contributed by atoms with Crippen molar-refractivity contribution >= 4 is 22.5 Å². The molecule has 1 amide bonds. The van der Waals surface area contributed by atoms with Crippen LogP contribution in [0.2, 0.25) is 0 Å². The number of hydrogen-bond acceptors (Lipinski definition) is 3. The third-order valence-corrected chi connectivity index (χ3v) is 5.02. The molecule has 0 saturated heterocycles. The number of aryl methyl sites for hydroxylation is 2. The molecular formula is C22H22N4O2. The van der Waals surface area contributed by atoms with Gasteiger partial charge in [0.05, 0.1) is 5.52 Å². The molecular weight excluding hydrogens is 352 g/mol. The van der Waals surface area contributed by atoms with Crippen molar-refractivity contribution in [2.24, 2.45) is 0 Å². The monoisotopic (exact) mass is 374 g/mol.